The first-order chi connectivity index (χ1) is 12.4. The lowest BCUT2D eigenvalue weighted by Crippen LogP contribution is -2.34. The van der Waals surface area contributed by atoms with Crippen molar-refractivity contribution in [2.45, 2.75) is 40.0 Å². The summed E-state index contributed by atoms with van der Waals surface area (Å²) in [6.07, 6.45) is 0. The summed E-state index contributed by atoms with van der Waals surface area (Å²) in [7, 11) is 0. The molecule has 2 aromatic rings. The van der Waals surface area contributed by atoms with E-state index in [-0.39, 0.29) is 16.4 Å². The molecule has 8 heteroatoms. The van der Waals surface area contributed by atoms with Crippen LogP contribution in [0.5, 0.6) is 0 Å². The van der Waals surface area contributed by atoms with Crippen LogP contribution in [0.25, 0.3) is 0 Å². The first-order valence-electron chi connectivity index (χ1n) is 8.24. The zero-order valence-electron chi connectivity index (χ0n) is 15.8. The van der Waals surface area contributed by atoms with Crippen molar-refractivity contribution in [2.75, 3.05) is 5.32 Å². The highest BCUT2D eigenvalue weighted by atomic mass is 79.9. The number of nitrogens with two attached hydrogens (primary N) is 1. The van der Waals surface area contributed by atoms with Crippen LogP contribution in [0.15, 0.2) is 22.7 Å². The molecule has 1 aromatic carbocycles. The van der Waals surface area contributed by atoms with Gasteiger partial charge in [-0.1, -0.05) is 42.8 Å². The molecule has 0 saturated carbocycles. The Morgan fingerprint density at radius 2 is 1.85 bits per heavy atom. The Labute approximate surface area is 176 Å². The highest BCUT2D eigenvalue weighted by molar-refractivity contribution is 9.10. The van der Waals surface area contributed by atoms with E-state index in [4.69, 9.17) is 18.0 Å². The number of aryl methyl sites for hydroxylation is 1. The number of hydrogen-bond donors (Lipinski definition) is 3. The van der Waals surface area contributed by atoms with Crippen LogP contribution in [-0.2, 0) is 5.41 Å². The summed E-state index contributed by atoms with van der Waals surface area (Å²) < 4.78 is 0.863. The number of halogens is 1. The molecule has 0 fully saturated rings. The van der Waals surface area contributed by atoms with E-state index < -0.39 is 5.91 Å². The van der Waals surface area contributed by atoms with Gasteiger partial charge >= 0.3 is 0 Å². The van der Waals surface area contributed by atoms with Crippen molar-refractivity contribution >= 4 is 61.4 Å². The molecule has 144 valence electrons. The van der Waals surface area contributed by atoms with Gasteiger partial charge in [-0.3, -0.25) is 14.9 Å². The zero-order chi connectivity index (χ0) is 20.5. The molecule has 0 radical (unpaired) electrons. The molecular weight excluding hydrogens is 446 g/mol. The molecule has 1 aromatic heterocycles. The molecule has 5 nitrogen and oxygen atoms in total. The van der Waals surface area contributed by atoms with Crippen molar-refractivity contribution < 1.29 is 9.59 Å². The maximum atomic E-state index is 12.5. The number of thiophene rings is 1. The second-order valence-electron chi connectivity index (χ2n) is 7.20. The highest BCUT2D eigenvalue weighted by Gasteiger charge is 2.20. The Morgan fingerprint density at radius 3 is 2.37 bits per heavy atom. The van der Waals surface area contributed by atoms with Crippen LogP contribution in [0.2, 0.25) is 0 Å². The number of amides is 2. The number of nitrogens with one attached hydrogen (secondary N) is 2. The third kappa shape index (κ3) is 4.94. The third-order valence-corrected chi connectivity index (χ3v) is 6.11. The Hall–Kier alpha value is -1.77. The van der Waals surface area contributed by atoms with Gasteiger partial charge in [-0.2, -0.15) is 0 Å². The number of benzene rings is 1. The van der Waals surface area contributed by atoms with E-state index in [9.17, 15) is 9.59 Å². The molecule has 0 bridgehead atoms. The first kappa shape index (κ1) is 21.5. The number of thiocarbonyl (C=S) groups is 1. The Morgan fingerprint density at radius 1 is 1.22 bits per heavy atom. The van der Waals surface area contributed by atoms with Crippen molar-refractivity contribution in [3.63, 3.8) is 0 Å². The van der Waals surface area contributed by atoms with Crippen LogP contribution in [0, 0.1) is 13.8 Å². The van der Waals surface area contributed by atoms with E-state index >= 15 is 0 Å². The molecule has 0 saturated heterocycles. The molecule has 0 aliphatic heterocycles. The van der Waals surface area contributed by atoms with Gasteiger partial charge in [0.1, 0.15) is 5.00 Å². The normalized spacial score (nSPS) is 11.2. The second kappa shape index (κ2) is 8.08. The second-order valence-corrected chi connectivity index (χ2v) is 9.69. The average Bonchev–Trinajstić information content (AvgIpc) is 2.79. The molecule has 0 aliphatic rings. The third-order valence-electron chi connectivity index (χ3n) is 4.13. The fraction of sp³-hybridized carbons (Fsp3) is 0.316. The first-order valence-corrected chi connectivity index (χ1v) is 10.3. The fourth-order valence-corrected chi connectivity index (χ4v) is 4.89. The summed E-state index contributed by atoms with van der Waals surface area (Å²) in [6.45, 7) is 10.0. The molecule has 0 atom stereocenters. The van der Waals surface area contributed by atoms with Crippen LogP contribution in [0.3, 0.4) is 0 Å². The highest BCUT2D eigenvalue weighted by Crippen LogP contribution is 2.32. The lowest BCUT2D eigenvalue weighted by Gasteiger charge is -2.21. The molecule has 1 heterocycles. The van der Waals surface area contributed by atoms with Crippen molar-refractivity contribution in [3.05, 3.63) is 49.8 Å². The average molecular weight is 468 g/mol. The Kier molecular flexibility index (Phi) is 6.44. The van der Waals surface area contributed by atoms with E-state index in [1.165, 1.54) is 11.3 Å². The summed E-state index contributed by atoms with van der Waals surface area (Å²) in [4.78, 5) is 25.1. The summed E-state index contributed by atoms with van der Waals surface area (Å²) in [6, 6.07) is 5.46. The Balaban J connectivity index is 2.15. The predicted octanol–water partition coefficient (Wildman–Crippen LogP) is 4.65. The maximum Gasteiger partial charge on any atom is 0.257 e. The number of rotatable bonds is 3. The molecule has 0 unspecified atom stereocenters. The summed E-state index contributed by atoms with van der Waals surface area (Å²) >= 11 is 10.1. The SMILES string of the molecule is Cc1sc(NC(=S)NC(=O)c2ccc(C(C)(C)C)c(Br)c2)c(C(N)=O)c1C. The lowest BCUT2D eigenvalue weighted by molar-refractivity contribution is 0.0975. The van der Waals surface area contributed by atoms with Crippen molar-refractivity contribution in [1.82, 2.24) is 5.32 Å². The molecule has 0 aliphatic carbocycles. The van der Waals surface area contributed by atoms with Gasteiger partial charge in [0.15, 0.2) is 5.11 Å². The summed E-state index contributed by atoms with van der Waals surface area (Å²) in [5, 5.41) is 6.20. The molecular formula is C19H22BrN3O2S2. The Bertz CT molecular complexity index is 930. The van der Waals surface area contributed by atoms with E-state index in [1.54, 1.807) is 12.1 Å². The van der Waals surface area contributed by atoms with Crippen LogP contribution >= 0.6 is 39.5 Å². The van der Waals surface area contributed by atoms with Gasteiger partial charge in [-0.25, -0.2) is 0 Å². The number of hydrogen-bond acceptors (Lipinski definition) is 4. The summed E-state index contributed by atoms with van der Waals surface area (Å²) in [5.74, 6) is -0.866. The molecule has 27 heavy (non-hydrogen) atoms. The van der Waals surface area contributed by atoms with Crippen molar-refractivity contribution in [2.24, 2.45) is 5.73 Å². The van der Waals surface area contributed by atoms with Gasteiger partial charge < -0.3 is 11.1 Å². The molecule has 2 rings (SSSR count). The standard InChI is InChI=1S/C19H22BrN3O2S2/c1-9-10(2)27-17(14(9)15(21)24)23-18(26)22-16(25)11-6-7-12(13(20)8-11)19(3,4)5/h6-8H,1-5H3,(H2,21,24)(H2,22,23,25,26). The van der Waals surface area contributed by atoms with Gasteiger partial charge in [-0.15, -0.1) is 11.3 Å². The predicted molar refractivity (Wildman–Crippen MR) is 119 cm³/mol. The molecule has 0 spiro atoms. The van der Waals surface area contributed by atoms with Gasteiger partial charge in [0.05, 0.1) is 5.56 Å². The lowest BCUT2D eigenvalue weighted by atomic mass is 9.86. The van der Waals surface area contributed by atoms with E-state index in [1.807, 2.05) is 19.9 Å². The van der Waals surface area contributed by atoms with Gasteiger partial charge in [0.25, 0.3) is 11.8 Å². The topological polar surface area (TPSA) is 84.2 Å². The largest absolute Gasteiger partial charge is 0.365 e. The number of carbonyl (C=O) groups excluding carboxylic acids is 2. The fourth-order valence-electron chi connectivity index (χ4n) is 2.59. The number of anilines is 1. The molecule has 4 N–H and O–H groups in total. The van der Waals surface area contributed by atoms with E-state index in [0.29, 0.717) is 16.1 Å². The quantitative estimate of drug-likeness (QED) is 0.573. The van der Waals surface area contributed by atoms with Crippen LogP contribution in [0.1, 0.15) is 57.5 Å². The van der Waals surface area contributed by atoms with Gasteiger partial charge in [0.2, 0.25) is 0 Å². The van der Waals surface area contributed by atoms with Crippen molar-refractivity contribution in [3.8, 4) is 0 Å². The van der Waals surface area contributed by atoms with Crippen LogP contribution in [0.4, 0.5) is 5.00 Å². The smallest absolute Gasteiger partial charge is 0.257 e. The monoisotopic (exact) mass is 467 g/mol. The number of carbonyl (C=O) groups is 2. The van der Waals surface area contributed by atoms with Gasteiger partial charge in [0, 0.05) is 14.9 Å². The minimum Gasteiger partial charge on any atom is -0.365 e. The van der Waals surface area contributed by atoms with Crippen LogP contribution in [-0.4, -0.2) is 16.9 Å². The van der Waals surface area contributed by atoms with Crippen LogP contribution < -0.4 is 16.4 Å². The van der Waals surface area contributed by atoms with Crippen molar-refractivity contribution in [1.29, 1.82) is 0 Å². The van der Waals surface area contributed by atoms with E-state index in [0.717, 1.165) is 20.5 Å². The maximum absolute atomic E-state index is 12.5. The minimum atomic E-state index is -0.532. The van der Waals surface area contributed by atoms with E-state index in [2.05, 4.69) is 47.3 Å². The molecule has 2 amide bonds. The number of primary amides is 1. The summed E-state index contributed by atoms with van der Waals surface area (Å²) in [5.41, 5.74) is 8.21. The van der Waals surface area contributed by atoms with Gasteiger partial charge in [-0.05, 0) is 54.7 Å². The minimum absolute atomic E-state index is 0.0370. The zero-order valence-corrected chi connectivity index (χ0v) is 19.0.